The van der Waals surface area contributed by atoms with E-state index in [1.54, 1.807) is 19.2 Å². The number of carboxylic acids is 1. The van der Waals surface area contributed by atoms with Gasteiger partial charge in [-0.25, -0.2) is 4.98 Å². The molecule has 1 aromatic heterocycles. The average Bonchev–Trinajstić information content (AvgIpc) is 2.83. The molecule has 1 aromatic carbocycles. The zero-order valence-corrected chi connectivity index (χ0v) is 12.6. The van der Waals surface area contributed by atoms with Crippen molar-refractivity contribution < 1.29 is 14.6 Å². The van der Waals surface area contributed by atoms with Crippen molar-refractivity contribution in [1.82, 2.24) is 9.55 Å². The van der Waals surface area contributed by atoms with Crippen molar-refractivity contribution >= 4 is 28.8 Å². The van der Waals surface area contributed by atoms with Crippen molar-refractivity contribution in [3.63, 3.8) is 0 Å². The Hall–Kier alpha value is -2.04. The molecule has 6 nitrogen and oxygen atoms in total. The van der Waals surface area contributed by atoms with Gasteiger partial charge in [0, 0.05) is 7.11 Å². The number of nitriles is 1. The van der Waals surface area contributed by atoms with Gasteiger partial charge in [0.1, 0.15) is 11.6 Å². The first-order valence-corrected chi connectivity index (χ1v) is 7.31. The predicted octanol–water partition coefficient (Wildman–Crippen LogP) is 2.29. The van der Waals surface area contributed by atoms with E-state index in [0.29, 0.717) is 22.8 Å². The Labute approximate surface area is 126 Å². The number of fused-ring (bicyclic) bond motifs is 1. The van der Waals surface area contributed by atoms with Crippen LogP contribution in [0.2, 0.25) is 0 Å². The van der Waals surface area contributed by atoms with Gasteiger partial charge in [0.25, 0.3) is 0 Å². The number of para-hydroxylation sites is 1. The molecule has 110 valence electrons. The van der Waals surface area contributed by atoms with Crippen LogP contribution in [0.1, 0.15) is 18.5 Å². The number of rotatable bonds is 6. The molecule has 0 bridgehead atoms. The van der Waals surface area contributed by atoms with Crippen LogP contribution < -0.4 is 0 Å². The van der Waals surface area contributed by atoms with Gasteiger partial charge in [-0.15, -0.1) is 0 Å². The number of benzene rings is 1. The molecule has 0 saturated carbocycles. The van der Waals surface area contributed by atoms with E-state index in [2.05, 4.69) is 11.1 Å². The summed E-state index contributed by atoms with van der Waals surface area (Å²) in [4.78, 5) is 15.2. The maximum absolute atomic E-state index is 10.8. The number of thioether (sulfide) groups is 1. The number of nitrogens with zero attached hydrogens (tertiary/aromatic N) is 3. The minimum absolute atomic E-state index is 0.00904. The fraction of sp³-hybridized carbons (Fsp3) is 0.357. The molecule has 21 heavy (non-hydrogen) atoms. The van der Waals surface area contributed by atoms with Gasteiger partial charge in [0.15, 0.2) is 5.16 Å². The van der Waals surface area contributed by atoms with Crippen LogP contribution in [0, 0.1) is 11.3 Å². The van der Waals surface area contributed by atoms with Crippen molar-refractivity contribution in [2.75, 3.05) is 19.5 Å². The highest BCUT2D eigenvalue weighted by Gasteiger charge is 2.18. The standard InChI is InChI=1S/C14H15N3O3S/c1-9(7-20-2)17-11-5-3-4-10(6-15)13(11)16-14(17)21-8-12(18)19/h3-5,9H,7-8H2,1-2H3,(H,18,19). The first-order valence-electron chi connectivity index (χ1n) is 6.33. The lowest BCUT2D eigenvalue weighted by molar-refractivity contribution is -0.133. The Kier molecular flexibility index (Phi) is 4.83. The Morgan fingerprint density at radius 1 is 1.62 bits per heavy atom. The molecule has 0 aliphatic heterocycles. The Bertz CT molecular complexity index is 705. The number of methoxy groups -OCH3 is 1. The molecule has 0 fully saturated rings. The molecule has 1 N–H and O–H groups in total. The summed E-state index contributed by atoms with van der Waals surface area (Å²) >= 11 is 1.14. The highest BCUT2D eigenvalue weighted by molar-refractivity contribution is 7.99. The van der Waals surface area contributed by atoms with Gasteiger partial charge in [0.2, 0.25) is 0 Å². The van der Waals surface area contributed by atoms with E-state index in [9.17, 15) is 10.1 Å². The van der Waals surface area contributed by atoms with Crippen LogP contribution in [0.3, 0.4) is 0 Å². The maximum Gasteiger partial charge on any atom is 0.313 e. The summed E-state index contributed by atoms with van der Waals surface area (Å²) in [6, 6.07) is 7.48. The van der Waals surface area contributed by atoms with E-state index in [0.717, 1.165) is 17.3 Å². The van der Waals surface area contributed by atoms with E-state index in [4.69, 9.17) is 9.84 Å². The molecule has 0 saturated heterocycles. The van der Waals surface area contributed by atoms with Gasteiger partial charge in [-0.3, -0.25) is 4.79 Å². The van der Waals surface area contributed by atoms with Crippen molar-refractivity contribution in [1.29, 1.82) is 5.26 Å². The molecule has 0 spiro atoms. The molecule has 7 heteroatoms. The highest BCUT2D eigenvalue weighted by atomic mass is 32.2. The Balaban J connectivity index is 2.56. The normalized spacial score (nSPS) is 12.2. The smallest absolute Gasteiger partial charge is 0.313 e. The Morgan fingerprint density at radius 3 is 3.00 bits per heavy atom. The van der Waals surface area contributed by atoms with E-state index in [1.807, 2.05) is 17.6 Å². The largest absolute Gasteiger partial charge is 0.481 e. The van der Waals surface area contributed by atoms with Crippen LogP contribution in [0.15, 0.2) is 23.4 Å². The van der Waals surface area contributed by atoms with Crippen molar-refractivity contribution in [3.8, 4) is 6.07 Å². The fourth-order valence-electron chi connectivity index (χ4n) is 2.16. The molecular weight excluding hydrogens is 290 g/mol. The average molecular weight is 305 g/mol. The van der Waals surface area contributed by atoms with Gasteiger partial charge < -0.3 is 14.4 Å². The van der Waals surface area contributed by atoms with Gasteiger partial charge >= 0.3 is 5.97 Å². The minimum Gasteiger partial charge on any atom is -0.481 e. The summed E-state index contributed by atoms with van der Waals surface area (Å²) in [6.07, 6.45) is 0. The second-order valence-corrected chi connectivity index (χ2v) is 5.48. The number of aromatic nitrogens is 2. The predicted molar refractivity (Wildman–Crippen MR) is 79.4 cm³/mol. The van der Waals surface area contributed by atoms with Crippen LogP contribution in [-0.2, 0) is 9.53 Å². The summed E-state index contributed by atoms with van der Waals surface area (Å²) in [6.45, 7) is 2.44. The summed E-state index contributed by atoms with van der Waals surface area (Å²) in [5, 5.41) is 18.6. The van der Waals surface area contributed by atoms with E-state index >= 15 is 0 Å². The topological polar surface area (TPSA) is 88.1 Å². The molecule has 0 aliphatic rings. The van der Waals surface area contributed by atoms with Gasteiger partial charge in [-0.2, -0.15) is 5.26 Å². The van der Waals surface area contributed by atoms with Gasteiger partial charge in [0.05, 0.1) is 29.5 Å². The third-order valence-corrected chi connectivity index (χ3v) is 3.92. The number of hydrogen-bond acceptors (Lipinski definition) is 5. The molecule has 0 aliphatic carbocycles. The zero-order chi connectivity index (χ0) is 15.4. The quantitative estimate of drug-likeness (QED) is 0.824. The number of hydrogen-bond donors (Lipinski definition) is 1. The summed E-state index contributed by atoms with van der Waals surface area (Å²) in [5.74, 6) is -0.983. The first-order chi connectivity index (χ1) is 10.1. The molecule has 2 aromatic rings. The summed E-state index contributed by atoms with van der Waals surface area (Å²) in [5.41, 5.74) is 1.88. The van der Waals surface area contributed by atoms with E-state index in [1.165, 1.54) is 0 Å². The molecule has 1 atom stereocenters. The molecule has 0 amide bonds. The van der Waals surface area contributed by atoms with Gasteiger partial charge in [-0.1, -0.05) is 17.8 Å². The Morgan fingerprint density at radius 2 is 2.38 bits per heavy atom. The fourth-order valence-corrected chi connectivity index (χ4v) is 2.98. The lowest BCUT2D eigenvalue weighted by Gasteiger charge is -2.16. The second kappa shape index (κ2) is 6.61. The number of carbonyl (C=O) groups is 1. The van der Waals surface area contributed by atoms with Crippen molar-refractivity contribution in [2.24, 2.45) is 0 Å². The molecule has 1 heterocycles. The molecule has 0 radical (unpaired) electrons. The van der Waals surface area contributed by atoms with Crippen molar-refractivity contribution in [2.45, 2.75) is 18.1 Å². The maximum atomic E-state index is 10.8. The van der Waals surface area contributed by atoms with Crippen LogP contribution in [0.5, 0.6) is 0 Å². The number of imidazole rings is 1. The molecule has 1 unspecified atom stereocenters. The van der Waals surface area contributed by atoms with Crippen LogP contribution >= 0.6 is 11.8 Å². The van der Waals surface area contributed by atoms with Crippen LogP contribution in [-0.4, -0.2) is 40.1 Å². The van der Waals surface area contributed by atoms with Crippen LogP contribution in [0.4, 0.5) is 0 Å². The second-order valence-electron chi connectivity index (χ2n) is 4.54. The van der Waals surface area contributed by atoms with Crippen LogP contribution in [0.25, 0.3) is 11.0 Å². The zero-order valence-electron chi connectivity index (χ0n) is 11.7. The number of ether oxygens (including phenoxy) is 1. The lowest BCUT2D eigenvalue weighted by Crippen LogP contribution is -2.12. The highest BCUT2D eigenvalue weighted by Crippen LogP contribution is 2.29. The number of carboxylic acid groups (broad SMARTS) is 1. The monoisotopic (exact) mass is 305 g/mol. The third-order valence-electron chi connectivity index (χ3n) is 2.98. The summed E-state index contributed by atoms with van der Waals surface area (Å²) < 4.78 is 7.10. The minimum atomic E-state index is -0.904. The molecule has 2 rings (SSSR count). The number of aliphatic carboxylic acids is 1. The third kappa shape index (κ3) is 3.17. The van der Waals surface area contributed by atoms with Crippen molar-refractivity contribution in [3.05, 3.63) is 23.8 Å². The van der Waals surface area contributed by atoms with E-state index < -0.39 is 5.97 Å². The lowest BCUT2D eigenvalue weighted by atomic mass is 10.2. The molecular formula is C14H15N3O3S. The first kappa shape index (κ1) is 15.4. The summed E-state index contributed by atoms with van der Waals surface area (Å²) in [7, 11) is 1.61. The SMILES string of the molecule is COCC(C)n1c(SCC(=O)O)nc2c(C#N)cccc21. The van der Waals surface area contributed by atoms with Gasteiger partial charge in [-0.05, 0) is 19.1 Å². The van der Waals surface area contributed by atoms with E-state index in [-0.39, 0.29) is 11.8 Å².